The van der Waals surface area contributed by atoms with Gasteiger partial charge in [-0.15, -0.1) is 12.4 Å². The molecule has 24 heavy (non-hydrogen) atoms. The van der Waals surface area contributed by atoms with Gasteiger partial charge in [0.25, 0.3) is 5.91 Å². The van der Waals surface area contributed by atoms with Crippen LogP contribution in [-0.2, 0) is 19.6 Å². The fraction of sp³-hybridized carbons (Fsp3) is 0.533. The number of carbonyl (C=O) groups is 1. The van der Waals surface area contributed by atoms with Gasteiger partial charge in [0.1, 0.15) is 6.10 Å². The average molecular weight is 378 g/mol. The van der Waals surface area contributed by atoms with E-state index in [1.807, 2.05) is 0 Å². The highest BCUT2D eigenvalue weighted by molar-refractivity contribution is 7.92. The monoisotopic (exact) mass is 377 g/mol. The molecule has 0 radical (unpaired) electrons. The number of sulfonamides is 1. The molecule has 1 saturated heterocycles. The van der Waals surface area contributed by atoms with Crippen LogP contribution in [0.5, 0.6) is 0 Å². The van der Waals surface area contributed by atoms with Gasteiger partial charge in [-0.1, -0.05) is 6.92 Å². The summed E-state index contributed by atoms with van der Waals surface area (Å²) in [6, 6.07) is 6.52. The molecule has 1 aliphatic rings. The summed E-state index contributed by atoms with van der Waals surface area (Å²) >= 11 is 0. The lowest BCUT2D eigenvalue weighted by Crippen LogP contribution is -2.29. The molecule has 0 saturated carbocycles. The van der Waals surface area contributed by atoms with Gasteiger partial charge >= 0.3 is 0 Å². The highest BCUT2D eigenvalue weighted by Crippen LogP contribution is 2.21. The smallest absolute Gasteiger partial charge is 0.253 e. The molecular weight excluding hydrogens is 354 g/mol. The lowest BCUT2D eigenvalue weighted by Gasteiger charge is -2.13. The van der Waals surface area contributed by atoms with Crippen molar-refractivity contribution < 1.29 is 17.9 Å². The van der Waals surface area contributed by atoms with Crippen LogP contribution in [0.1, 0.15) is 26.2 Å². The quantitative estimate of drug-likeness (QED) is 0.669. The van der Waals surface area contributed by atoms with E-state index in [9.17, 15) is 13.2 Å². The van der Waals surface area contributed by atoms with Gasteiger partial charge in [0, 0.05) is 17.9 Å². The molecule has 0 unspecified atom stereocenters. The van der Waals surface area contributed by atoms with Crippen LogP contribution in [0.4, 0.5) is 11.4 Å². The molecular formula is C15H24ClN3O4S. The SMILES string of the molecule is CCCS(=O)(=O)Nc1ccc(NC(=O)[C@@H]2CC[C@H](CN)O2)cc1.Cl. The summed E-state index contributed by atoms with van der Waals surface area (Å²) in [5.41, 5.74) is 6.58. The van der Waals surface area contributed by atoms with Crippen molar-refractivity contribution in [3.05, 3.63) is 24.3 Å². The number of anilines is 2. The first-order valence-electron chi connectivity index (χ1n) is 7.70. The molecule has 1 amide bonds. The second-order valence-electron chi connectivity index (χ2n) is 5.55. The van der Waals surface area contributed by atoms with Gasteiger partial charge in [-0.25, -0.2) is 8.42 Å². The molecule has 4 N–H and O–H groups in total. The molecule has 136 valence electrons. The second-order valence-corrected chi connectivity index (χ2v) is 7.39. The van der Waals surface area contributed by atoms with Crippen LogP contribution in [0.15, 0.2) is 24.3 Å². The maximum Gasteiger partial charge on any atom is 0.253 e. The second kappa shape index (κ2) is 9.22. The van der Waals surface area contributed by atoms with E-state index in [0.29, 0.717) is 30.8 Å². The third kappa shape index (κ3) is 5.94. The number of amides is 1. The number of carbonyl (C=O) groups excluding carboxylic acids is 1. The summed E-state index contributed by atoms with van der Waals surface area (Å²) in [5.74, 6) is -0.132. The van der Waals surface area contributed by atoms with Crippen LogP contribution in [0, 0.1) is 0 Å². The molecule has 0 bridgehead atoms. The fourth-order valence-electron chi connectivity index (χ4n) is 2.42. The maximum atomic E-state index is 12.1. The molecule has 7 nitrogen and oxygen atoms in total. The topological polar surface area (TPSA) is 111 Å². The lowest BCUT2D eigenvalue weighted by atomic mass is 10.2. The first-order chi connectivity index (χ1) is 10.9. The Morgan fingerprint density at radius 1 is 1.25 bits per heavy atom. The van der Waals surface area contributed by atoms with E-state index in [4.69, 9.17) is 10.5 Å². The van der Waals surface area contributed by atoms with Gasteiger partial charge in [0.05, 0.1) is 11.9 Å². The van der Waals surface area contributed by atoms with Crippen molar-refractivity contribution in [1.29, 1.82) is 0 Å². The van der Waals surface area contributed by atoms with Crippen molar-refractivity contribution in [3.63, 3.8) is 0 Å². The predicted molar refractivity (Wildman–Crippen MR) is 97.0 cm³/mol. The van der Waals surface area contributed by atoms with Gasteiger partial charge in [-0.3, -0.25) is 9.52 Å². The Balaban J connectivity index is 0.00000288. The molecule has 2 atom stereocenters. The normalized spacial score (nSPS) is 20.2. The Morgan fingerprint density at radius 2 is 1.88 bits per heavy atom. The van der Waals surface area contributed by atoms with Crippen molar-refractivity contribution in [2.75, 3.05) is 22.3 Å². The third-order valence-electron chi connectivity index (χ3n) is 3.56. The van der Waals surface area contributed by atoms with Crippen LogP contribution in [-0.4, -0.2) is 38.8 Å². The summed E-state index contributed by atoms with van der Waals surface area (Å²) in [6.45, 7) is 2.22. The number of nitrogens with one attached hydrogen (secondary N) is 2. The van der Waals surface area contributed by atoms with E-state index >= 15 is 0 Å². The van der Waals surface area contributed by atoms with Gasteiger partial charge in [0.15, 0.2) is 0 Å². The number of hydrogen-bond acceptors (Lipinski definition) is 5. The van der Waals surface area contributed by atoms with Crippen LogP contribution in [0.25, 0.3) is 0 Å². The van der Waals surface area contributed by atoms with Crippen molar-refractivity contribution in [1.82, 2.24) is 0 Å². The number of nitrogens with two attached hydrogens (primary N) is 1. The Labute approximate surface area is 148 Å². The van der Waals surface area contributed by atoms with E-state index in [0.717, 1.165) is 6.42 Å². The summed E-state index contributed by atoms with van der Waals surface area (Å²) in [5, 5.41) is 2.76. The maximum absolute atomic E-state index is 12.1. The number of benzene rings is 1. The van der Waals surface area contributed by atoms with E-state index in [1.165, 1.54) is 0 Å². The Kier molecular flexibility index (Phi) is 7.95. The minimum absolute atomic E-state index is 0. The standard InChI is InChI=1S/C15H23N3O4S.ClH/c1-2-9-23(20,21)18-12-5-3-11(4-6-12)17-15(19)14-8-7-13(10-16)22-14;/h3-6,13-14,18H,2,7-10,16H2,1H3,(H,17,19);1H/t13-,14+;/m1./s1. The number of hydrogen-bond donors (Lipinski definition) is 3. The summed E-state index contributed by atoms with van der Waals surface area (Å²) < 4.78 is 31.4. The summed E-state index contributed by atoms with van der Waals surface area (Å²) in [7, 11) is -3.31. The molecule has 1 fully saturated rings. The van der Waals surface area contributed by atoms with E-state index < -0.39 is 16.1 Å². The number of ether oxygens (including phenoxy) is 1. The van der Waals surface area contributed by atoms with Crippen molar-refractivity contribution >= 4 is 39.7 Å². The summed E-state index contributed by atoms with van der Waals surface area (Å²) in [6.07, 6.45) is 1.46. The van der Waals surface area contributed by atoms with Gasteiger partial charge in [0.2, 0.25) is 10.0 Å². The Bertz CT molecular complexity index is 637. The highest BCUT2D eigenvalue weighted by atomic mass is 35.5. The van der Waals surface area contributed by atoms with Gasteiger partial charge in [-0.2, -0.15) is 0 Å². The zero-order chi connectivity index (χ0) is 16.9. The van der Waals surface area contributed by atoms with Crippen LogP contribution in [0.2, 0.25) is 0 Å². The minimum Gasteiger partial charge on any atom is -0.364 e. The fourth-order valence-corrected chi connectivity index (χ4v) is 3.55. The zero-order valence-electron chi connectivity index (χ0n) is 13.5. The van der Waals surface area contributed by atoms with Crippen LogP contribution < -0.4 is 15.8 Å². The Morgan fingerprint density at radius 3 is 2.42 bits per heavy atom. The predicted octanol–water partition coefficient (Wildman–Crippen LogP) is 1.70. The third-order valence-corrected chi connectivity index (χ3v) is 5.05. The van der Waals surface area contributed by atoms with Crippen LogP contribution in [0.3, 0.4) is 0 Å². The van der Waals surface area contributed by atoms with Crippen molar-refractivity contribution in [2.24, 2.45) is 5.73 Å². The largest absolute Gasteiger partial charge is 0.364 e. The zero-order valence-corrected chi connectivity index (χ0v) is 15.2. The minimum atomic E-state index is -3.31. The number of halogens is 1. The van der Waals surface area contributed by atoms with E-state index in [2.05, 4.69) is 10.0 Å². The molecule has 0 aromatic heterocycles. The Hall–Kier alpha value is -1.35. The van der Waals surface area contributed by atoms with Gasteiger partial charge < -0.3 is 15.8 Å². The summed E-state index contributed by atoms with van der Waals surface area (Å²) in [4.78, 5) is 12.1. The first-order valence-corrected chi connectivity index (χ1v) is 9.35. The van der Waals surface area contributed by atoms with E-state index in [1.54, 1.807) is 31.2 Å². The molecule has 1 aromatic rings. The average Bonchev–Trinajstić information content (AvgIpc) is 2.98. The molecule has 1 aromatic carbocycles. The molecule has 2 rings (SSSR count). The van der Waals surface area contributed by atoms with Crippen LogP contribution >= 0.6 is 12.4 Å². The molecule has 0 aliphatic carbocycles. The molecule has 9 heteroatoms. The molecule has 1 heterocycles. The molecule has 0 spiro atoms. The van der Waals surface area contributed by atoms with Gasteiger partial charge in [-0.05, 0) is 43.5 Å². The van der Waals surface area contributed by atoms with E-state index in [-0.39, 0.29) is 30.2 Å². The lowest BCUT2D eigenvalue weighted by molar-refractivity contribution is -0.126. The first kappa shape index (κ1) is 20.7. The molecule has 1 aliphatic heterocycles. The number of rotatable bonds is 7. The van der Waals surface area contributed by atoms with Crippen molar-refractivity contribution in [3.8, 4) is 0 Å². The van der Waals surface area contributed by atoms with Crippen molar-refractivity contribution in [2.45, 2.75) is 38.4 Å². The highest BCUT2D eigenvalue weighted by Gasteiger charge is 2.29.